The highest BCUT2D eigenvalue weighted by Crippen LogP contribution is 2.27. The molecule has 0 unspecified atom stereocenters. The van der Waals surface area contributed by atoms with Gasteiger partial charge < -0.3 is 10.1 Å². The summed E-state index contributed by atoms with van der Waals surface area (Å²) in [6, 6.07) is 0. The van der Waals surface area contributed by atoms with Gasteiger partial charge in [-0.15, -0.1) is 11.3 Å². The molecule has 0 saturated heterocycles. The van der Waals surface area contributed by atoms with Crippen LogP contribution in [0.4, 0.5) is 0 Å². The molecule has 3 rings (SSSR count). The van der Waals surface area contributed by atoms with Gasteiger partial charge in [0.1, 0.15) is 5.69 Å². The summed E-state index contributed by atoms with van der Waals surface area (Å²) in [7, 11) is 1.86. The fourth-order valence-electron chi connectivity index (χ4n) is 2.00. The molecule has 20 heavy (non-hydrogen) atoms. The number of ether oxygens (including phenoxy) is 1. The van der Waals surface area contributed by atoms with Gasteiger partial charge in [0.25, 0.3) is 0 Å². The predicted molar refractivity (Wildman–Crippen MR) is 78.3 cm³/mol. The number of rotatable bonds is 6. The van der Waals surface area contributed by atoms with Gasteiger partial charge in [0.05, 0.1) is 12.4 Å². The standard InChI is InChI=1S/C13H17N5OS/c1-3-4-14-8-11-12(16-13-18(11)5-6-20-13)19-10-7-15-17(2)9-10/h5-7,9,14H,3-4,8H2,1-2H3. The summed E-state index contributed by atoms with van der Waals surface area (Å²) in [5.74, 6) is 1.35. The van der Waals surface area contributed by atoms with Gasteiger partial charge in [0.2, 0.25) is 5.88 Å². The van der Waals surface area contributed by atoms with Gasteiger partial charge in [-0.2, -0.15) is 10.1 Å². The molecule has 0 atom stereocenters. The van der Waals surface area contributed by atoms with Crippen molar-refractivity contribution < 1.29 is 4.74 Å². The van der Waals surface area contributed by atoms with E-state index in [2.05, 4.69) is 26.7 Å². The maximum Gasteiger partial charge on any atom is 0.243 e. The van der Waals surface area contributed by atoms with Crippen molar-refractivity contribution in [3.63, 3.8) is 0 Å². The van der Waals surface area contributed by atoms with E-state index in [1.165, 1.54) is 0 Å². The minimum atomic E-state index is 0.647. The van der Waals surface area contributed by atoms with Crippen LogP contribution in [0.3, 0.4) is 0 Å². The zero-order valence-electron chi connectivity index (χ0n) is 11.5. The lowest BCUT2D eigenvalue weighted by molar-refractivity contribution is 0.455. The van der Waals surface area contributed by atoms with Crippen LogP contribution >= 0.6 is 11.3 Å². The highest BCUT2D eigenvalue weighted by Gasteiger charge is 2.15. The van der Waals surface area contributed by atoms with Crippen molar-refractivity contribution in [1.29, 1.82) is 0 Å². The molecule has 6 nitrogen and oxygen atoms in total. The van der Waals surface area contributed by atoms with Gasteiger partial charge in [-0.1, -0.05) is 6.92 Å². The van der Waals surface area contributed by atoms with Gasteiger partial charge >= 0.3 is 0 Å². The third-order valence-electron chi connectivity index (χ3n) is 2.94. The highest BCUT2D eigenvalue weighted by atomic mass is 32.1. The Morgan fingerprint density at radius 2 is 2.35 bits per heavy atom. The number of nitrogens with zero attached hydrogens (tertiary/aromatic N) is 4. The molecular weight excluding hydrogens is 274 g/mol. The maximum atomic E-state index is 5.86. The second kappa shape index (κ2) is 5.64. The summed E-state index contributed by atoms with van der Waals surface area (Å²) in [5, 5.41) is 9.52. The molecular formula is C13H17N5OS. The van der Waals surface area contributed by atoms with Crippen LogP contribution in [0.25, 0.3) is 4.96 Å². The average Bonchev–Trinajstić information content (AvgIpc) is 3.09. The Hall–Kier alpha value is -1.86. The molecule has 0 saturated carbocycles. The number of thiazole rings is 1. The van der Waals surface area contributed by atoms with Crippen molar-refractivity contribution in [3.8, 4) is 11.6 Å². The molecule has 3 heterocycles. The van der Waals surface area contributed by atoms with Gasteiger partial charge in [0, 0.05) is 25.2 Å². The Morgan fingerprint density at radius 3 is 3.10 bits per heavy atom. The molecule has 0 aliphatic heterocycles. The number of imidazole rings is 1. The molecule has 0 aromatic carbocycles. The summed E-state index contributed by atoms with van der Waals surface area (Å²) in [6.07, 6.45) is 6.64. The molecule has 106 valence electrons. The van der Waals surface area contributed by atoms with Crippen LogP contribution in [-0.4, -0.2) is 25.7 Å². The molecule has 3 aromatic heterocycles. The molecule has 1 N–H and O–H groups in total. The molecule has 0 aliphatic carbocycles. The van der Waals surface area contributed by atoms with Crippen LogP contribution in [0.1, 0.15) is 19.0 Å². The van der Waals surface area contributed by atoms with Crippen molar-refractivity contribution in [2.45, 2.75) is 19.9 Å². The van der Waals surface area contributed by atoms with E-state index in [1.807, 2.05) is 24.8 Å². The number of aryl methyl sites for hydroxylation is 1. The van der Waals surface area contributed by atoms with Crippen molar-refractivity contribution in [2.75, 3.05) is 6.54 Å². The second-order valence-electron chi connectivity index (χ2n) is 4.55. The van der Waals surface area contributed by atoms with Gasteiger partial charge in [-0.3, -0.25) is 9.08 Å². The molecule has 0 aliphatic rings. The highest BCUT2D eigenvalue weighted by molar-refractivity contribution is 7.15. The first-order chi connectivity index (χ1) is 9.78. The van der Waals surface area contributed by atoms with Crippen LogP contribution in [0, 0.1) is 0 Å². The molecule has 0 fully saturated rings. The smallest absolute Gasteiger partial charge is 0.243 e. The molecule has 0 bridgehead atoms. The molecule has 0 spiro atoms. The maximum absolute atomic E-state index is 5.86. The summed E-state index contributed by atoms with van der Waals surface area (Å²) in [6.45, 7) is 3.86. The zero-order chi connectivity index (χ0) is 13.9. The lowest BCUT2D eigenvalue weighted by atomic mass is 10.4. The molecule has 7 heteroatoms. The lowest BCUT2D eigenvalue weighted by Gasteiger charge is -2.05. The van der Waals surface area contributed by atoms with E-state index in [0.29, 0.717) is 11.6 Å². The van der Waals surface area contributed by atoms with E-state index in [4.69, 9.17) is 4.74 Å². The van der Waals surface area contributed by atoms with Crippen molar-refractivity contribution in [3.05, 3.63) is 29.7 Å². The number of nitrogens with one attached hydrogen (secondary N) is 1. The summed E-state index contributed by atoms with van der Waals surface area (Å²) >= 11 is 1.60. The molecule has 0 amide bonds. The number of fused-ring (bicyclic) bond motifs is 1. The lowest BCUT2D eigenvalue weighted by Crippen LogP contribution is -2.15. The van der Waals surface area contributed by atoms with Crippen molar-refractivity contribution in [1.82, 2.24) is 24.5 Å². The fourth-order valence-corrected chi connectivity index (χ4v) is 2.73. The van der Waals surface area contributed by atoms with E-state index < -0.39 is 0 Å². The number of hydrogen-bond acceptors (Lipinski definition) is 5. The van der Waals surface area contributed by atoms with Crippen molar-refractivity contribution in [2.24, 2.45) is 7.05 Å². The number of aromatic nitrogens is 4. The van der Waals surface area contributed by atoms with Gasteiger partial charge in [-0.25, -0.2) is 0 Å². The van der Waals surface area contributed by atoms with Crippen LogP contribution in [0.15, 0.2) is 24.0 Å². The van der Waals surface area contributed by atoms with Crippen molar-refractivity contribution >= 4 is 16.3 Å². The van der Waals surface area contributed by atoms with E-state index in [9.17, 15) is 0 Å². The Labute approximate surface area is 121 Å². The third-order valence-corrected chi connectivity index (χ3v) is 3.70. The predicted octanol–water partition coefficient (Wildman–Crippen LogP) is 2.42. The first-order valence-corrected chi connectivity index (χ1v) is 7.47. The summed E-state index contributed by atoms with van der Waals surface area (Å²) < 4.78 is 9.64. The van der Waals surface area contributed by atoms with Crippen LogP contribution < -0.4 is 10.1 Å². The van der Waals surface area contributed by atoms with Crippen LogP contribution in [0.5, 0.6) is 11.6 Å². The molecule has 3 aromatic rings. The fraction of sp³-hybridized carbons (Fsp3) is 0.385. The quantitative estimate of drug-likeness (QED) is 0.709. The zero-order valence-corrected chi connectivity index (χ0v) is 12.4. The number of hydrogen-bond donors (Lipinski definition) is 1. The summed E-state index contributed by atoms with van der Waals surface area (Å²) in [4.78, 5) is 5.48. The monoisotopic (exact) mass is 291 g/mol. The van der Waals surface area contributed by atoms with Crippen LogP contribution in [-0.2, 0) is 13.6 Å². The first kappa shape index (κ1) is 13.1. The Morgan fingerprint density at radius 1 is 1.45 bits per heavy atom. The van der Waals surface area contributed by atoms with Crippen LogP contribution in [0.2, 0.25) is 0 Å². The Kier molecular flexibility index (Phi) is 3.70. The third kappa shape index (κ3) is 2.54. The largest absolute Gasteiger partial charge is 0.434 e. The minimum absolute atomic E-state index is 0.647. The van der Waals surface area contributed by atoms with Gasteiger partial charge in [-0.05, 0) is 13.0 Å². The second-order valence-corrected chi connectivity index (χ2v) is 5.42. The van der Waals surface area contributed by atoms with Gasteiger partial charge in [0.15, 0.2) is 10.7 Å². The van der Waals surface area contributed by atoms with E-state index >= 15 is 0 Å². The van der Waals surface area contributed by atoms with E-state index in [-0.39, 0.29) is 0 Å². The topological polar surface area (TPSA) is 56.4 Å². The first-order valence-electron chi connectivity index (χ1n) is 6.59. The minimum Gasteiger partial charge on any atom is -0.434 e. The normalized spacial score (nSPS) is 11.3. The Balaban J connectivity index is 1.88. The summed E-state index contributed by atoms with van der Waals surface area (Å²) in [5.41, 5.74) is 1.04. The van der Waals surface area contributed by atoms with E-state index in [1.54, 1.807) is 22.2 Å². The molecule has 0 radical (unpaired) electrons. The van der Waals surface area contributed by atoms with E-state index in [0.717, 1.165) is 30.2 Å². The Bertz CT molecular complexity index is 699. The SMILES string of the molecule is CCCNCc1c(Oc2cnn(C)c2)nc2sccn12. The average molecular weight is 291 g/mol.